The maximum absolute atomic E-state index is 9.91. The average molecular weight is 353 g/mol. The van der Waals surface area contributed by atoms with E-state index in [1.807, 2.05) is 6.08 Å². The monoisotopic (exact) mass is 352 g/mol. The lowest BCUT2D eigenvalue weighted by molar-refractivity contribution is 0.207. The Morgan fingerprint density at radius 3 is 1.44 bits per heavy atom. The lowest BCUT2D eigenvalue weighted by Crippen LogP contribution is -2.01. The molecule has 1 unspecified atom stereocenters. The van der Waals surface area contributed by atoms with Gasteiger partial charge in [0.15, 0.2) is 0 Å². The third-order valence-electron chi connectivity index (χ3n) is 5.19. The van der Waals surface area contributed by atoms with E-state index in [9.17, 15) is 5.11 Å². The van der Waals surface area contributed by atoms with E-state index in [0.717, 1.165) is 12.8 Å². The number of rotatable bonds is 20. The molecular formula is C24H48O. The quantitative estimate of drug-likeness (QED) is 0.172. The van der Waals surface area contributed by atoms with Crippen molar-refractivity contribution in [2.45, 2.75) is 142 Å². The van der Waals surface area contributed by atoms with Crippen molar-refractivity contribution < 1.29 is 5.11 Å². The van der Waals surface area contributed by atoms with Crippen LogP contribution in [0.2, 0.25) is 0 Å². The van der Waals surface area contributed by atoms with Gasteiger partial charge in [-0.3, -0.25) is 0 Å². The van der Waals surface area contributed by atoms with Crippen molar-refractivity contribution >= 4 is 0 Å². The molecule has 1 heteroatoms. The average Bonchev–Trinajstić information content (AvgIpc) is 2.62. The van der Waals surface area contributed by atoms with Crippen molar-refractivity contribution in [3.8, 4) is 0 Å². The molecule has 0 radical (unpaired) electrons. The molecule has 0 bridgehead atoms. The zero-order valence-electron chi connectivity index (χ0n) is 17.6. The van der Waals surface area contributed by atoms with Crippen molar-refractivity contribution in [2.75, 3.05) is 0 Å². The summed E-state index contributed by atoms with van der Waals surface area (Å²) in [6.07, 6.45) is 29.4. The van der Waals surface area contributed by atoms with E-state index in [1.54, 1.807) is 0 Å². The number of aliphatic hydroxyl groups is 1. The minimum Gasteiger partial charge on any atom is -0.389 e. The summed E-state index contributed by atoms with van der Waals surface area (Å²) in [7, 11) is 0. The molecule has 1 atom stereocenters. The van der Waals surface area contributed by atoms with Crippen LogP contribution >= 0.6 is 0 Å². The Bertz CT molecular complexity index is 259. The first kappa shape index (κ1) is 24.7. The first-order chi connectivity index (χ1) is 12.3. The molecule has 0 fully saturated rings. The van der Waals surface area contributed by atoms with E-state index in [4.69, 9.17) is 0 Å². The molecule has 0 saturated carbocycles. The summed E-state index contributed by atoms with van der Waals surface area (Å²) in [5.74, 6) is 0. The van der Waals surface area contributed by atoms with Crippen LogP contribution in [0.15, 0.2) is 12.2 Å². The summed E-state index contributed by atoms with van der Waals surface area (Å²) in [5.41, 5.74) is 0. The molecular weight excluding hydrogens is 304 g/mol. The summed E-state index contributed by atoms with van der Waals surface area (Å²) >= 11 is 0. The van der Waals surface area contributed by atoms with Gasteiger partial charge in [-0.15, -0.1) is 0 Å². The Labute approximate surface area is 159 Å². The van der Waals surface area contributed by atoms with Crippen LogP contribution in [0.25, 0.3) is 0 Å². The smallest absolute Gasteiger partial charge is 0.0720 e. The second kappa shape index (κ2) is 21.7. The SMILES string of the molecule is CCCCCC=CC(O)CCCCCCCCCCCCCCCC. The first-order valence-electron chi connectivity index (χ1n) is 11.7. The highest BCUT2D eigenvalue weighted by Crippen LogP contribution is 2.14. The molecule has 0 amide bonds. The minimum atomic E-state index is -0.209. The van der Waals surface area contributed by atoms with Crippen LogP contribution in [0, 0.1) is 0 Å². The Morgan fingerprint density at radius 2 is 0.960 bits per heavy atom. The molecule has 0 heterocycles. The van der Waals surface area contributed by atoms with E-state index in [-0.39, 0.29) is 6.10 Å². The fraction of sp³-hybridized carbons (Fsp3) is 0.917. The predicted molar refractivity (Wildman–Crippen MR) is 114 cm³/mol. The zero-order chi connectivity index (χ0) is 18.4. The first-order valence-corrected chi connectivity index (χ1v) is 11.7. The number of hydrogen-bond donors (Lipinski definition) is 1. The lowest BCUT2D eigenvalue weighted by atomic mass is 10.0. The molecule has 0 aliphatic rings. The summed E-state index contributed by atoms with van der Waals surface area (Å²) in [6.45, 7) is 4.52. The minimum absolute atomic E-state index is 0.209. The van der Waals surface area contributed by atoms with Crippen LogP contribution in [-0.4, -0.2) is 11.2 Å². The Hall–Kier alpha value is -0.300. The van der Waals surface area contributed by atoms with Gasteiger partial charge in [0, 0.05) is 0 Å². The Morgan fingerprint density at radius 1 is 0.560 bits per heavy atom. The summed E-state index contributed by atoms with van der Waals surface area (Å²) in [6, 6.07) is 0. The van der Waals surface area contributed by atoms with Crippen molar-refractivity contribution in [1.82, 2.24) is 0 Å². The van der Waals surface area contributed by atoms with Crippen LogP contribution in [0.5, 0.6) is 0 Å². The van der Waals surface area contributed by atoms with Crippen LogP contribution in [0.3, 0.4) is 0 Å². The van der Waals surface area contributed by atoms with Crippen molar-refractivity contribution in [2.24, 2.45) is 0 Å². The topological polar surface area (TPSA) is 20.2 Å². The van der Waals surface area contributed by atoms with E-state index in [0.29, 0.717) is 0 Å². The number of aliphatic hydroxyl groups excluding tert-OH is 1. The zero-order valence-corrected chi connectivity index (χ0v) is 17.6. The number of allylic oxidation sites excluding steroid dienone is 1. The molecule has 0 rings (SSSR count). The standard InChI is InChI=1S/C24H48O/c1-3-5-7-9-10-11-12-13-14-15-16-17-19-21-23-24(25)22-20-18-8-6-4-2/h20,22,24-25H,3-19,21,23H2,1-2H3. The van der Waals surface area contributed by atoms with Crippen molar-refractivity contribution in [1.29, 1.82) is 0 Å². The van der Waals surface area contributed by atoms with E-state index >= 15 is 0 Å². The molecule has 0 aromatic heterocycles. The van der Waals surface area contributed by atoms with Gasteiger partial charge in [0.1, 0.15) is 0 Å². The Balaban J connectivity index is 3.15. The maximum Gasteiger partial charge on any atom is 0.0720 e. The van der Waals surface area contributed by atoms with Gasteiger partial charge in [0.2, 0.25) is 0 Å². The summed E-state index contributed by atoms with van der Waals surface area (Å²) in [4.78, 5) is 0. The van der Waals surface area contributed by atoms with Gasteiger partial charge >= 0.3 is 0 Å². The highest BCUT2D eigenvalue weighted by molar-refractivity contribution is 4.88. The maximum atomic E-state index is 9.91. The predicted octanol–water partition coefficient (Wildman–Crippen LogP) is 8.36. The lowest BCUT2D eigenvalue weighted by Gasteiger charge is -2.06. The summed E-state index contributed by atoms with van der Waals surface area (Å²) < 4.78 is 0. The van der Waals surface area contributed by atoms with Gasteiger partial charge < -0.3 is 5.11 Å². The van der Waals surface area contributed by atoms with Crippen molar-refractivity contribution in [3.05, 3.63) is 12.2 Å². The Kier molecular flexibility index (Phi) is 21.5. The van der Waals surface area contributed by atoms with Gasteiger partial charge in [-0.2, -0.15) is 0 Å². The fourth-order valence-corrected chi connectivity index (χ4v) is 3.41. The van der Waals surface area contributed by atoms with Gasteiger partial charge in [-0.1, -0.05) is 129 Å². The number of hydrogen-bond acceptors (Lipinski definition) is 1. The van der Waals surface area contributed by atoms with E-state index in [1.165, 1.54) is 109 Å². The second-order valence-electron chi connectivity index (χ2n) is 7.88. The van der Waals surface area contributed by atoms with E-state index < -0.39 is 0 Å². The normalized spacial score (nSPS) is 12.9. The van der Waals surface area contributed by atoms with Crippen LogP contribution in [-0.2, 0) is 0 Å². The number of unbranched alkanes of at least 4 members (excludes halogenated alkanes) is 16. The fourth-order valence-electron chi connectivity index (χ4n) is 3.41. The van der Waals surface area contributed by atoms with E-state index in [2.05, 4.69) is 19.9 Å². The molecule has 1 N–H and O–H groups in total. The van der Waals surface area contributed by atoms with Gasteiger partial charge in [-0.05, 0) is 19.3 Å². The van der Waals surface area contributed by atoms with Crippen LogP contribution in [0.1, 0.15) is 136 Å². The van der Waals surface area contributed by atoms with Gasteiger partial charge in [0.25, 0.3) is 0 Å². The molecule has 0 aliphatic carbocycles. The largest absolute Gasteiger partial charge is 0.389 e. The van der Waals surface area contributed by atoms with Crippen LogP contribution < -0.4 is 0 Å². The third kappa shape index (κ3) is 21.7. The van der Waals surface area contributed by atoms with Gasteiger partial charge in [-0.25, -0.2) is 0 Å². The molecule has 0 aliphatic heterocycles. The molecule has 0 aromatic rings. The molecule has 0 aromatic carbocycles. The van der Waals surface area contributed by atoms with Crippen LogP contribution in [0.4, 0.5) is 0 Å². The molecule has 25 heavy (non-hydrogen) atoms. The summed E-state index contributed by atoms with van der Waals surface area (Å²) in [5, 5.41) is 9.91. The molecule has 1 nitrogen and oxygen atoms in total. The van der Waals surface area contributed by atoms with Crippen molar-refractivity contribution in [3.63, 3.8) is 0 Å². The molecule has 150 valence electrons. The molecule has 0 spiro atoms. The third-order valence-corrected chi connectivity index (χ3v) is 5.19. The highest BCUT2D eigenvalue weighted by atomic mass is 16.3. The molecule has 0 saturated heterocycles. The van der Waals surface area contributed by atoms with Gasteiger partial charge in [0.05, 0.1) is 6.10 Å². The highest BCUT2D eigenvalue weighted by Gasteiger charge is 1.99. The second-order valence-corrected chi connectivity index (χ2v) is 7.88.